The number of benzene rings is 1. The van der Waals surface area contributed by atoms with E-state index in [1.165, 1.54) is 37.0 Å². The van der Waals surface area contributed by atoms with Crippen molar-refractivity contribution in [2.45, 2.75) is 44.5 Å². The third kappa shape index (κ3) is 6.08. The molecule has 2 aromatic rings. The van der Waals surface area contributed by atoms with Crippen molar-refractivity contribution in [2.75, 3.05) is 6.61 Å². The highest BCUT2D eigenvalue weighted by atomic mass is 32.2. The van der Waals surface area contributed by atoms with E-state index in [1.54, 1.807) is 0 Å². The van der Waals surface area contributed by atoms with Crippen LogP contribution in [0, 0.1) is 0 Å². The minimum absolute atomic E-state index is 0.0152. The number of aromatic nitrogens is 2. The Morgan fingerprint density at radius 1 is 1.00 bits per heavy atom. The van der Waals surface area contributed by atoms with Gasteiger partial charge in [0.05, 0.1) is 24.6 Å². The van der Waals surface area contributed by atoms with Crippen molar-refractivity contribution in [3.8, 4) is 22.9 Å². The summed E-state index contributed by atoms with van der Waals surface area (Å²) in [6, 6.07) is 5.32. The van der Waals surface area contributed by atoms with Gasteiger partial charge in [-0.15, -0.1) is 0 Å². The van der Waals surface area contributed by atoms with E-state index in [9.17, 15) is 21.6 Å². The molecule has 0 aliphatic rings. The molecule has 0 fully saturated rings. The molecule has 0 saturated heterocycles. The second-order valence-electron chi connectivity index (χ2n) is 5.98. The number of ether oxygens (including phenoxy) is 1. The summed E-state index contributed by atoms with van der Waals surface area (Å²) in [5.74, 6) is -0.0757. The summed E-state index contributed by atoms with van der Waals surface area (Å²) in [7, 11) is -5.79. The van der Waals surface area contributed by atoms with Crippen molar-refractivity contribution in [1.82, 2.24) is 9.97 Å². The lowest BCUT2D eigenvalue weighted by atomic mass is 10.2. The predicted octanol–water partition coefficient (Wildman–Crippen LogP) is 4.72. The first-order chi connectivity index (χ1) is 13.2. The molecular weight excluding hydrogens is 397 g/mol. The summed E-state index contributed by atoms with van der Waals surface area (Å²) in [6.45, 7) is 2.65. The molecule has 0 atom stereocenters. The van der Waals surface area contributed by atoms with Crippen LogP contribution >= 0.6 is 0 Å². The number of para-hydroxylation sites is 1. The minimum atomic E-state index is -5.79. The van der Waals surface area contributed by atoms with Gasteiger partial charge in [0.25, 0.3) is 0 Å². The third-order valence-corrected chi connectivity index (χ3v) is 4.72. The smallest absolute Gasteiger partial charge is 0.490 e. The van der Waals surface area contributed by atoms with E-state index in [-0.39, 0.29) is 11.4 Å². The molecular formula is C18H21F3N2O4S. The summed E-state index contributed by atoms with van der Waals surface area (Å²) in [4.78, 5) is 8.08. The second-order valence-corrected chi connectivity index (χ2v) is 7.52. The number of hydrogen-bond acceptors (Lipinski definition) is 6. The maximum Gasteiger partial charge on any atom is 0.534 e. The lowest BCUT2D eigenvalue weighted by molar-refractivity contribution is -0.0499. The molecule has 0 aliphatic heterocycles. The zero-order valence-electron chi connectivity index (χ0n) is 15.3. The first-order valence-corrected chi connectivity index (χ1v) is 10.2. The van der Waals surface area contributed by atoms with Crippen molar-refractivity contribution >= 4 is 10.1 Å². The lowest BCUT2D eigenvalue weighted by Gasteiger charge is -2.12. The molecule has 0 unspecified atom stereocenters. The zero-order chi connectivity index (χ0) is 20.6. The molecule has 1 heterocycles. The number of alkyl halides is 3. The largest absolute Gasteiger partial charge is 0.534 e. The molecule has 0 aliphatic carbocycles. The van der Waals surface area contributed by atoms with Gasteiger partial charge in [-0.1, -0.05) is 44.7 Å². The van der Waals surface area contributed by atoms with Crippen molar-refractivity contribution in [1.29, 1.82) is 0 Å². The molecule has 2 rings (SSSR count). The molecule has 0 amide bonds. The van der Waals surface area contributed by atoms with Crippen molar-refractivity contribution in [3.05, 3.63) is 36.7 Å². The van der Waals surface area contributed by atoms with Gasteiger partial charge >= 0.3 is 15.6 Å². The van der Waals surface area contributed by atoms with E-state index in [1.807, 2.05) is 0 Å². The number of hydrogen-bond donors (Lipinski definition) is 0. The number of halogens is 3. The SMILES string of the molecule is CCCCCCCOc1cnc(-c2ccccc2OS(=O)(=O)C(F)(F)F)nc1. The molecule has 0 spiro atoms. The minimum Gasteiger partial charge on any atom is -0.490 e. The van der Waals surface area contributed by atoms with Gasteiger partial charge in [-0.2, -0.15) is 21.6 Å². The Kier molecular flexibility index (Phi) is 7.61. The van der Waals surface area contributed by atoms with Gasteiger partial charge in [-0.25, -0.2) is 9.97 Å². The fourth-order valence-corrected chi connectivity index (χ4v) is 2.79. The fraction of sp³-hybridized carbons (Fsp3) is 0.444. The van der Waals surface area contributed by atoms with Crippen LogP contribution in [0.4, 0.5) is 13.2 Å². The monoisotopic (exact) mass is 418 g/mol. The van der Waals surface area contributed by atoms with Crippen LogP contribution in [0.2, 0.25) is 0 Å². The first kappa shape index (κ1) is 21.9. The molecule has 0 saturated carbocycles. The van der Waals surface area contributed by atoms with Gasteiger partial charge in [0.2, 0.25) is 0 Å². The molecule has 0 N–H and O–H groups in total. The van der Waals surface area contributed by atoms with E-state index in [0.29, 0.717) is 12.4 Å². The quantitative estimate of drug-likeness (QED) is 0.316. The summed E-state index contributed by atoms with van der Waals surface area (Å²) < 4.78 is 70.0. The Morgan fingerprint density at radius 3 is 2.29 bits per heavy atom. The van der Waals surface area contributed by atoms with Gasteiger partial charge in [0.1, 0.15) is 0 Å². The van der Waals surface area contributed by atoms with Gasteiger partial charge in [-0.3, -0.25) is 0 Å². The highest BCUT2D eigenvalue weighted by Crippen LogP contribution is 2.32. The Morgan fingerprint density at radius 2 is 1.64 bits per heavy atom. The third-order valence-electron chi connectivity index (χ3n) is 3.76. The first-order valence-electron chi connectivity index (χ1n) is 8.79. The molecule has 1 aromatic heterocycles. The molecule has 10 heteroatoms. The van der Waals surface area contributed by atoms with Crippen LogP contribution in [0.5, 0.6) is 11.5 Å². The van der Waals surface area contributed by atoms with Crippen LogP contribution in [0.1, 0.15) is 39.0 Å². The van der Waals surface area contributed by atoms with Crippen molar-refractivity contribution in [3.63, 3.8) is 0 Å². The maximum atomic E-state index is 12.6. The van der Waals surface area contributed by atoms with Gasteiger partial charge in [0.15, 0.2) is 17.3 Å². The average molecular weight is 418 g/mol. The molecule has 0 radical (unpaired) electrons. The molecule has 6 nitrogen and oxygen atoms in total. The van der Waals surface area contributed by atoms with Crippen LogP contribution in [-0.4, -0.2) is 30.5 Å². The number of unbranched alkanes of at least 4 members (excludes halogenated alkanes) is 4. The second kappa shape index (κ2) is 9.72. The summed E-state index contributed by atoms with van der Waals surface area (Å²) in [6.07, 6.45) is 8.20. The summed E-state index contributed by atoms with van der Waals surface area (Å²) >= 11 is 0. The lowest BCUT2D eigenvalue weighted by Crippen LogP contribution is -2.28. The van der Waals surface area contributed by atoms with Crippen LogP contribution in [0.3, 0.4) is 0 Å². The number of rotatable bonds is 10. The van der Waals surface area contributed by atoms with Crippen LogP contribution < -0.4 is 8.92 Å². The topological polar surface area (TPSA) is 78.4 Å². The maximum absolute atomic E-state index is 12.6. The van der Waals surface area contributed by atoms with Gasteiger partial charge < -0.3 is 8.92 Å². The Hall–Kier alpha value is -2.36. The van der Waals surface area contributed by atoms with Gasteiger partial charge in [-0.05, 0) is 18.6 Å². The van der Waals surface area contributed by atoms with Crippen LogP contribution in [0.15, 0.2) is 36.7 Å². The van der Waals surface area contributed by atoms with E-state index in [0.717, 1.165) is 31.7 Å². The normalized spacial score (nSPS) is 12.0. The molecule has 1 aromatic carbocycles. The van der Waals surface area contributed by atoms with Crippen LogP contribution in [0.25, 0.3) is 11.4 Å². The van der Waals surface area contributed by atoms with E-state index >= 15 is 0 Å². The van der Waals surface area contributed by atoms with Crippen LogP contribution in [-0.2, 0) is 10.1 Å². The number of nitrogens with zero attached hydrogens (tertiary/aromatic N) is 2. The van der Waals surface area contributed by atoms with E-state index in [4.69, 9.17) is 4.74 Å². The highest BCUT2D eigenvalue weighted by molar-refractivity contribution is 7.88. The highest BCUT2D eigenvalue weighted by Gasteiger charge is 2.48. The zero-order valence-corrected chi connectivity index (χ0v) is 16.1. The Balaban J connectivity index is 2.06. The van der Waals surface area contributed by atoms with Crippen molar-refractivity contribution in [2.24, 2.45) is 0 Å². The molecule has 154 valence electrons. The Bertz CT molecular complexity index is 856. The van der Waals surface area contributed by atoms with E-state index in [2.05, 4.69) is 21.1 Å². The standard InChI is InChI=1S/C18H21F3N2O4S/c1-2-3-4-5-8-11-26-14-12-22-17(23-13-14)15-9-6-7-10-16(15)27-28(24,25)18(19,20)21/h6-7,9-10,12-13H,2-5,8,11H2,1H3. The Labute approximate surface area is 161 Å². The van der Waals surface area contributed by atoms with Crippen molar-refractivity contribution < 1.29 is 30.5 Å². The van der Waals surface area contributed by atoms with E-state index < -0.39 is 21.4 Å². The predicted molar refractivity (Wildman–Crippen MR) is 97.3 cm³/mol. The van der Waals surface area contributed by atoms with Gasteiger partial charge in [0, 0.05) is 0 Å². The summed E-state index contributed by atoms with van der Waals surface area (Å²) in [5.41, 5.74) is -5.52. The molecule has 28 heavy (non-hydrogen) atoms. The molecule has 0 bridgehead atoms. The summed E-state index contributed by atoms with van der Waals surface area (Å²) in [5, 5.41) is 0. The fourth-order valence-electron chi connectivity index (χ4n) is 2.31. The average Bonchev–Trinajstić information content (AvgIpc) is 2.64.